The Morgan fingerprint density at radius 3 is 3.06 bits per heavy atom. The molecule has 1 aliphatic heterocycles. The molecular weight excluding hydrogens is 198 g/mol. The number of nitrogens with zero attached hydrogens (tertiary/aromatic N) is 3. The van der Waals surface area contributed by atoms with E-state index in [4.69, 9.17) is 5.26 Å². The zero-order chi connectivity index (χ0) is 11.5. The molecule has 2 heterocycles. The lowest BCUT2D eigenvalue weighted by Crippen LogP contribution is -2.33. The maximum atomic E-state index is 9.10. The zero-order valence-electron chi connectivity index (χ0n) is 9.85. The van der Waals surface area contributed by atoms with Gasteiger partial charge in [-0.05, 0) is 24.8 Å². The molecule has 0 radical (unpaired) electrons. The molecule has 3 heteroatoms. The Morgan fingerprint density at radius 1 is 1.56 bits per heavy atom. The molecule has 1 aromatic heterocycles. The fourth-order valence-electron chi connectivity index (χ4n) is 2.49. The van der Waals surface area contributed by atoms with Crippen LogP contribution in [0.3, 0.4) is 0 Å². The maximum absolute atomic E-state index is 9.10. The van der Waals surface area contributed by atoms with Gasteiger partial charge in [-0.25, -0.2) is 0 Å². The third-order valence-corrected chi connectivity index (χ3v) is 3.30. The lowest BCUT2D eigenvalue weighted by Gasteiger charge is -2.29. The van der Waals surface area contributed by atoms with E-state index in [1.807, 2.05) is 6.20 Å². The second kappa shape index (κ2) is 4.52. The van der Waals surface area contributed by atoms with Gasteiger partial charge in [0.1, 0.15) is 6.07 Å². The highest BCUT2D eigenvalue weighted by Gasteiger charge is 2.28. The van der Waals surface area contributed by atoms with Crippen LogP contribution in [-0.2, 0) is 0 Å². The minimum absolute atomic E-state index is 0.552. The highest BCUT2D eigenvalue weighted by atomic mass is 15.2. The Labute approximate surface area is 96.7 Å². The molecule has 0 saturated carbocycles. The summed E-state index contributed by atoms with van der Waals surface area (Å²) in [5, 5.41) is 9.10. The van der Waals surface area contributed by atoms with Crippen LogP contribution in [0.25, 0.3) is 0 Å². The number of hydrogen-bond acceptors (Lipinski definition) is 3. The minimum Gasteiger partial charge on any atom is -0.366 e. The van der Waals surface area contributed by atoms with E-state index in [-0.39, 0.29) is 0 Å². The Morgan fingerprint density at radius 2 is 2.38 bits per heavy atom. The Balaban J connectivity index is 2.33. The normalized spacial score (nSPS) is 20.1. The molecule has 1 aromatic rings. The average Bonchev–Trinajstić information content (AvgIpc) is 2.77. The first-order chi connectivity index (χ1) is 7.74. The summed E-state index contributed by atoms with van der Waals surface area (Å²) in [5.74, 6) is 0.620. The van der Waals surface area contributed by atoms with Gasteiger partial charge in [0.15, 0.2) is 0 Å². The van der Waals surface area contributed by atoms with Crippen molar-refractivity contribution in [1.82, 2.24) is 4.98 Å². The van der Waals surface area contributed by atoms with Gasteiger partial charge in [-0.2, -0.15) is 5.26 Å². The van der Waals surface area contributed by atoms with E-state index < -0.39 is 0 Å². The highest BCUT2D eigenvalue weighted by Crippen LogP contribution is 2.31. The predicted octanol–water partition coefficient (Wildman–Crippen LogP) is 2.58. The number of anilines is 1. The molecule has 0 amide bonds. The van der Waals surface area contributed by atoms with Crippen LogP contribution < -0.4 is 4.90 Å². The summed E-state index contributed by atoms with van der Waals surface area (Å²) in [5.41, 5.74) is 1.74. The topological polar surface area (TPSA) is 39.9 Å². The molecule has 0 aliphatic carbocycles. The summed E-state index contributed by atoms with van der Waals surface area (Å²) in [6.45, 7) is 5.53. The van der Waals surface area contributed by atoms with Crippen molar-refractivity contribution in [3.05, 3.63) is 24.0 Å². The average molecular weight is 215 g/mol. The van der Waals surface area contributed by atoms with Crippen molar-refractivity contribution in [2.75, 3.05) is 11.4 Å². The van der Waals surface area contributed by atoms with Crippen LogP contribution >= 0.6 is 0 Å². The second-order valence-corrected chi connectivity index (χ2v) is 4.65. The van der Waals surface area contributed by atoms with Crippen molar-refractivity contribution in [1.29, 1.82) is 5.26 Å². The molecule has 3 nitrogen and oxygen atoms in total. The van der Waals surface area contributed by atoms with Gasteiger partial charge in [-0.1, -0.05) is 13.8 Å². The van der Waals surface area contributed by atoms with E-state index in [2.05, 4.69) is 29.8 Å². The molecule has 1 atom stereocenters. The quantitative estimate of drug-likeness (QED) is 0.761. The smallest absolute Gasteiger partial charge is 0.101 e. The standard InChI is InChI=1S/C13H17N3/c1-10(2)12-4-3-7-16(12)13-9-15-6-5-11(13)8-14/h5-6,9-10,12H,3-4,7H2,1-2H3. The lowest BCUT2D eigenvalue weighted by molar-refractivity contribution is 0.491. The van der Waals surface area contributed by atoms with Gasteiger partial charge in [0, 0.05) is 18.8 Å². The van der Waals surface area contributed by atoms with Gasteiger partial charge in [0.05, 0.1) is 17.4 Å². The number of pyridine rings is 1. The summed E-state index contributed by atoms with van der Waals surface area (Å²) in [6.07, 6.45) is 5.93. The molecule has 1 saturated heterocycles. The van der Waals surface area contributed by atoms with Crippen molar-refractivity contribution in [3.63, 3.8) is 0 Å². The maximum Gasteiger partial charge on any atom is 0.101 e. The van der Waals surface area contributed by atoms with Crippen LogP contribution in [0.5, 0.6) is 0 Å². The molecule has 1 aliphatic rings. The molecule has 0 aromatic carbocycles. The van der Waals surface area contributed by atoms with E-state index in [0.717, 1.165) is 17.8 Å². The number of hydrogen-bond donors (Lipinski definition) is 0. The molecule has 0 spiro atoms. The first kappa shape index (κ1) is 10.9. The molecule has 2 rings (SSSR count). The number of nitriles is 1. The molecule has 16 heavy (non-hydrogen) atoms. The molecule has 84 valence electrons. The van der Waals surface area contributed by atoms with E-state index >= 15 is 0 Å². The monoisotopic (exact) mass is 215 g/mol. The van der Waals surface area contributed by atoms with E-state index in [9.17, 15) is 0 Å². The van der Waals surface area contributed by atoms with Crippen LogP contribution in [0.4, 0.5) is 5.69 Å². The fourth-order valence-corrected chi connectivity index (χ4v) is 2.49. The van der Waals surface area contributed by atoms with Gasteiger partial charge in [-0.15, -0.1) is 0 Å². The lowest BCUT2D eigenvalue weighted by atomic mass is 10.0. The molecule has 1 fully saturated rings. The number of aromatic nitrogens is 1. The zero-order valence-corrected chi connectivity index (χ0v) is 9.85. The van der Waals surface area contributed by atoms with E-state index in [1.54, 1.807) is 12.3 Å². The Kier molecular flexibility index (Phi) is 3.09. The van der Waals surface area contributed by atoms with Crippen molar-refractivity contribution < 1.29 is 0 Å². The summed E-state index contributed by atoms with van der Waals surface area (Å²) in [7, 11) is 0. The van der Waals surface area contributed by atoms with Crippen LogP contribution in [0.2, 0.25) is 0 Å². The van der Waals surface area contributed by atoms with Crippen LogP contribution in [0, 0.1) is 17.2 Å². The van der Waals surface area contributed by atoms with Gasteiger partial charge in [0.25, 0.3) is 0 Å². The largest absolute Gasteiger partial charge is 0.366 e. The van der Waals surface area contributed by atoms with Gasteiger partial charge in [0.2, 0.25) is 0 Å². The SMILES string of the molecule is CC(C)C1CCCN1c1cnccc1C#N. The Hall–Kier alpha value is -1.56. The molecule has 0 N–H and O–H groups in total. The predicted molar refractivity (Wildman–Crippen MR) is 64.2 cm³/mol. The Bertz CT molecular complexity index is 406. The van der Waals surface area contributed by atoms with Crippen molar-refractivity contribution in [3.8, 4) is 6.07 Å². The summed E-state index contributed by atoms with van der Waals surface area (Å²) < 4.78 is 0. The third-order valence-electron chi connectivity index (χ3n) is 3.30. The first-order valence-corrected chi connectivity index (χ1v) is 5.85. The molecule has 1 unspecified atom stereocenters. The van der Waals surface area contributed by atoms with Crippen LogP contribution in [-0.4, -0.2) is 17.6 Å². The van der Waals surface area contributed by atoms with Gasteiger partial charge >= 0.3 is 0 Å². The first-order valence-electron chi connectivity index (χ1n) is 5.85. The molecular formula is C13H17N3. The highest BCUT2D eigenvalue weighted by molar-refractivity contribution is 5.58. The van der Waals surface area contributed by atoms with Gasteiger partial charge in [-0.3, -0.25) is 4.98 Å². The van der Waals surface area contributed by atoms with Crippen molar-refractivity contribution >= 4 is 5.69 Å². The van der Waals surface area contributed by atoms with Crippen LogP contribution in [0.1, 0.15) is 32.3 Å². The minimum atomic E-state index is 0.552. The van der Waals surface area contributed by atoms with Crippen molar-refractivity contribution in [2.45, 2.75) is 32.7 Å². The van der Waals surface area contributed by atoms with Crippen molar-refractivity contribution in [2.24, 2.45) is 5.92 Å². The fraction of sp³-hybridized carbons (Fsp3) is 0.538. The second-order valence-electron chi connectivity index (χ2n) is 4.65. The number of rotatable bonds is 2. The van der Waals surface area contributed by atoms with E-state index in [0.29, 0.717) is 12.0 Å². The summed E-state index contributed by atoms with van der Waals surface area (Å²) in [4.78, 5) is 6.48. The summed E-state index contributed by atoms with van der Waals surface area (Å²) >= 11 is 0. The molecule has 0 bridgehead atoms. The van der Waals surface area contributed by atoms with Gasteiger partial charge < -0.3 is 4.90 Å². The van der Waals surface area contributed by atoms with Crippen LogP contribution in [0.15, 0.2) is 18.5 Å². The van der Waals surface area contributed by atoms with E-state index in [1.165, 1.54) is 12.8 Å². The third kappa shape index (κ3) is 1.88. The summed E-state index contributed by atoms with van der Waals surface area (Å²) in [6, 6.07) is 4.60.